The van der Waals surface area contributed by atoms with Crippen LogP contribution in [0, 0.1) is 6.92 Å². The van der Waals surface area contributed by atoms with Crippen molar-refractivity contribution in [3.63, 3.8) is 0 Å². The number of aryl methyl sites for hydroxylation is 1. The van der Waals surface area contributed by atoms with Gasteiger partial charge in [-0.1, -0.05) is 171 Å². The molecule has 0 saturated carbocycles. The molecular formula is C58H44N2. The van der Waals surface area contributed by atoms with E-state index < -0.39 is 0 Å². The van der Waals surface area contributed by atoms with Gasteiger partial charge in [0.2, 0.25) is 0 Å². The van der Waals surface area contributed by atoms with Gasteiger partial charge in [0.15, 0.2) is 0 Å². The Morgan fingerprint density at radius 3 is 1.78 bits per heavy atom. The van der Waals surface area contributed by atoms with Crippen LogP contribution in [-0.4, -0.2) is 4.57 Å². The molecule has 60 heavy (non-hydrogen) atoms. The van der Waals surface area contributed by atoms with Gasteiger partial charge in [-0.25, -0.2) is 0 Å². The Hall–Kier alpha value is -7.42. The number of benzene rings is 9. The third kappa shape index (κ3) is 5.79. The van der Waals surface area contributed by atoms with Crippen molar-refractivity contribution in [2.24, 2.45) is 0 Å². The van der Waals surface area contributed by atoms with Gasteiger partial charge in [-0.05, 0) is 123 Å². The minimum absolute atomic E-state index is 0.116. The standard InChI is InChI=1S/C58H44N2/c1-39-25-36-55-52(37-39)56(57(43-16-6-4-7-17-43)60(55)44-19-8-5-9-20-44)42-28-32-46(33-29-42)59(47-34-35-51-50-22-12-13-24-53(50)58(2,3)54(51)38-47)45-30-26-41(27-31-45)49-23-14-18-40-15-10-11-21-48(40)49/h4-38H,1-3H3. The van der Waals surface area contributed by atoms with Crippen LogP contribution in [-0.2, 0) is 5.41 Å². The van der Waals surface area contributed by atoms with Crippen molar-refractivity contribution >= 4 is 38.7 Å². The second kappa shape index (κ2) is 14.1. The molecule has 0 unspecified atom stereocenters. The molecule has 0 saturated heterocycles. The third-order valence-corrected chi connectivity index (χ3v) is 12.6. The molecule has 11 rings (SSSR count). The first-order chi connectivity index (χ1) is 29.4. The normalized spacial score (nSPS) is 12.7. The Labute approximate surface area is 352 Å². The predicted octanol–water partition coefficient (Wildman–Crippen LogP) is 15.9. The van der Waals surface area contributed by atoms with Crippen molar-refractivity contribution < 1.29 is 0 Å². The van der Waals surface area contributed by atoms with Crippen LogP contribution in [0.4, 0.5) is 17.1 Å². The molecule has 1 aliphatic carbocycles. The molecule has 0 fully saturated rings. The Kier molecular flexibility index (Phi) is 8.42. The lowest BCUT2D eigenvalue weighted by Crippen LogP contribution is -2.16. The highest BCUT2D eigenvalue weighted by Gasteiger charge is 2.35. The Morgan fingerprint density at radius 2 is 1.02 bits per heavy atom. The van der Waals surface area contributed by atoms with E-state index >= 15 is 0 Å². The fourth-order valence-corrected chi connectivity index (χ4v) is 9.73. The van der Waals surface area contributed by atoms with E-state index in [1.165, 1.54) is 83.0 Å². The first-order valence-electron chi connectivity index (χ1n) is 20.9. The zero-order valence-corrected chi connectivity index (χ0v) is 34.1. The number of para-hydroxylation sites is 1. The van der Waals surface area contributed by atoms with Crippen molar-refractivity contribution in [3.8, 4) is 50.3 Å². The molecule has 0 N–H and O–H groups in total. The first-order valence-corrected chi connectivity index (χ1v) is 20.9. The van der Waals surface area contributed by atoms with Gasteiger partial charge >= 0.3 is 0 Å². The van der Waals surface area contributed by atoms with Crippen molar-refractivity contribution in [2.45, 2.75) is 26.2 Å². The molecule has 0 atom stereocenters. The Morgan fingerprint density at radius 1 is 0.417 bits per heavy atom. The summed E-state index contributed by atoms with van der Waals surface area (Å²) in [6.45, 7) is 6.91. The maximum Gasteiger partial charge on any atom is 0.0619 e. The summed E-state index contributed by atoms with van der Waals surface area (Å²) in [6, 6.07) is 78.0. The lowest BCUT2D eigenvalue weighted by molar-refractivity contribution is 0.660. The van der Waals surface area contributed by atoms with Crippen LogP contribution in [0.5, 0.6) is 0 Å². The molecule has 1 heterocycles. The second-order valence-electron chi connectivity index (χ2n) is 16.6. The first kappa shape index (κ1) is 35.7. The Bertz CT molecular complexity index is 3200. The number of aromatic nitrogens is 1. The maximum atomic E-state index is 2.43. The average molecular weight is 769 g/mol. The molecule has 9 aromatic carbocycles. The number of hydrogen-bond donors (Lipinski definition) is 0. The van der Waals surface area contributed by atoms with Crippen molar-refractivity contribution in [3.05, 3.63) is 229 Å². The molecule has 0 aliphatic heterocycles. The molecule has 0 radical (unpaired) electrons. The van der Waals surface area contributed by atoms with Crippen molar-refractivity contribution in [1.29, 1.82) is 0 Å². The SMILES string of the molecule is Cc1ccc2c(c1)c(-c1ccc(N(c3ccc(-c4cccc5ccccc45)cc3)c3ccc4c(c3)C(C)(C)c3ccccc3-4)cc1)c(-c1ccccc1)n2-c1ccccc1. The molecule has 1 aliphatic rings. The van der Waals surface area contributed by atoms with Crippen LogP contribution in [0.1, 0.15) is 30.5 Å². The number of anilines is 3. The van der Waals surface area contributed by atoms with E-state index in [4.69, 9.17) is 0 Å². The van der Waals surface area contributed by atoms with E-state index in [1.54, 1.807) is 0 Å². The largest absolute Gasteiger partial charge is 0.310 e. The number of hydrogen-bond acceptors (Lipinski definition) is 1. The third-order valence-electron chi connectivity index (χ3n) is 12.6. The minimum atomic E-state index is -0.116. The van der Waals surface area contributed by atoms with Gasteiger partial charge in [0.25, 0.3) is 0 Å². The lowest BCUT2D eigenvalue weighted by atomic mass is 9.82. The molecular weight excluding hydrogens is 725 g/mol. The molecule has 0 bridgehead atoms. The van der Waals surface area contributed by atoms with E-state index in [2.05, 4.69) is 243 Å². The van der Waals surface area contributed by atoms with Gasteiger partial charge in [-0.15, -0.1) is 0 Å². The van der Waals surface area contributed by atoms with Crippen LogP contribution < -0.4 is 4.90 Å². The summed E-state index contributed by atoms with van der Waals surface area (Å²) < 4.78 is 2.43. The molecule has 10 aromatic rings. The zero-order valence-electron chi connectivity index (χ0n) is 34.1. The summed E-state index contributed by atoms with van der Waals surface area (Å²) in [5.41, 5.74) is 19.4. The monoisotopic (exact) mass is 768 g/mol. The minimum Gasteiger partial charge on any atom is -0.310 e. The fraction of sp³-hybridized carbons (Fsp3) is 0.0690. The van der Waals surface area contributed by atoms with Gasteiger partial charge in [0, 0.05) is 39.1 Å². The molecule has 2 nitrogen and oxygen atoms in total. The molecule has 2 heteroatoms. The van der Waals surface area contributed by atoms with E-state index in [-0.39, 0.29) is 5.41 Å². The summed E-state index contributed by atoms with van der Waals surface area (Å²) >= 11 is 0. The van der Waals surface area contributed by atoms with Crippen LogP contribution in [0.3, 0.4) is 0 Å². The lowest BCUT2D eigenvalue weighted by Gasteiger charge is -2.28. The van der Waals surface area contributed by atoms with Crippen LogP contribution in [0.2, 0.25) is 0 Å². The highest BCUT2D eigenvalue weighted by Crippen LogP contribution is 2.51. The van der Waals surface area contributed by atoms with Gasteiger partial charge < -0.3 is 9.47 Å². The van der Waals surface area contributed by atoms with Gasteiger partial charge in [-0.3, -0.25) is 0 Å². The van der Waals surface area contributed by atoms with E-state index in [9.17, 15) is 0 Å². The highest BCUT2D eigenvalue weighted by atomic mass is 15.1. The Balaban J connectivity index is 1.08. The number of nitrogens with zero attached hydrogens (tertiary/aromatic N) is 2. The number of rotatable bonds is 7. The second-order valence-corrected chi connectivity index (χ2v) is 16.6. The van der Waals surface area contributed by atoms with Crippen LogP contribution in [0.25, 0.3) is 72.0 Å². The predicted molar refractivity (Wildman–Crippen MR) is 254 cm³/mol. The molecule has 0 amide bonds. The van der Waals surface area contributed by atoms with E-state index in [1.807, 2.05) is 0 Å². The van der Waals surface area contributed by atoms with Crippen molar-refractivity contribution in [2.75, 3.05) is 4.90 Å². The van der Waals surface area contributed by atoms with E-state index in [0.717, 1.165) is 22.7 Å². The van der Waals surface area contributed by atoms with Gasteiger partial charge in [0.05, 0.1) is 11.2 Å². The summed E-state index contributed by atoms with van der Waals surface area (Å²) in [5, 5.41) is 3.76. The topological polar surface area (TPSA) is 8.17 Å². The fourth-order valence-electron chi connectivity index (χ4n) is 9.73. The molecule has 0 spiro atoms. The van der Waals surface area contributed by atoms with Crippen LogP contribution in [0.15, 0.2) is 212 Å². The smallest absolute Gasteiger partial charge is 0.0619 e. The van der Waals surface area contributed by atoms with Gasteiger partial charge in [0.1, 0.15) is 0 Å². The summed E-state index contributed by atoms with van der Waals surface area (Å²) in [4.78, 5) is 2.42. The molecule has 286 valence electrons. The zero-order chi connectivity index (χ0) is 40.4. The highest BCUT2D eigenvalue weighted by molar-refractivity contribution is 6.06. The van der Waals surface area contributed by atoms with Crippen LogP contribution >= 0.6 is 0 Å². The van der Waals surface area contributed by atoms with Crippen molar-refractivity contribution in [1.82, 2.24) is 4.57 Å². The summed E-state index contributed by atoms with van der Waals surface area (Å²) in [6.07, 6.45) is 0. The summed E-state index contributed by atoms with van der Waals surface area (Å²) in [7, 11) is 0. The quantitative estimate of drug-likeness (QED) is 0.157. The van der Waals surface area contributed by atoms with E-state index in [0.29, 0.717) is 0 Å². The van der Waals surface area contributed by atoms with Gasteiger partial charge in [-0.2, -0.15) is 0 Å². The average Bonchev–Trinajstić information content (AvgIpc) is 3.75. The summed E-state index contributed by atoms with van der Waals surface area (Å²) in [5.74, 6) is 0. The maximum absolute atomic E-state index is 2.43. The number of fused-ring (bicyclic) bond motifs is 5. The molecule has 1 aromatic heterocycles.